The topological polar surface area (TPSA) is 140 Å². The second-order valence-corrected chi connectivity index (χ2v) is 8.55. The molecule has 6 N–H and O–H groups in total. The molecule has 0 aromatic heterocycles. The third-order valence-electron chi connectivity index (χ3n) is 5.85. The van der Waals surface area contributed by atoms with Crippen molar-refractivity contribution in [2.24, 2.45) is 0 Å². The first kappa shape index (κ1) is 26.1. The smallest absolute Gasteiger partial charge is 0.239 e. The van der Waals surface area contributed by atoms with Gasteiger partial charge in [0.1, 0.15) is 0 Å². The zero-order valence-electron chi connectivity index (χ0n) is 19.1. The van der Waals surface area contributed by atoms with E-state index in [0.717, 1.165) is 77.3 Å². The van der Waals surface area contributed by atoms with E-state index in [4.69, 9.17) is 0 Å². The Morgan fingerprint density at radius 3 is 1.38 bits per heavy atom. The summed E-state index contributed by atoms with van der Waals surface area (Å²) in [6.07, 6.45) is 9.71. The quantitative estimate of drug-likeness (QED) is 0.182. The molecule has 0 radical (unpaired) electrons. The molecule has 10 nitrogen and oxygen atoms in total. The summed E-state index contributed by atoms with van der Waals surface area (Å²) in [4.78, 5) is 47.2. The molecule has 2 aliphatic rings. The Balaban J connectivity index is 1.32. The van der Waals surface area contributed by atoms with Gasteiger partial charge < -0.3 is 31.9 Å². The van der Waals surface area contributed by atoms with Gasteiger partial charge in [-0.1, -0.05) is 25.7 Å². The van der Waals surface area contributed by atoms with Gasteiger partial charge in [-0.25, -0.2) is 0 Å². The van der Waals surface area contributed by atoms with Crippen LogP contribution in [0.25, 0.3) is 0 Å². The first-order valence-corrected chi connectivity index (χ1v) is 12.1. The lowest BCUT2D eigenvalue weighted by molar-refractivity contribution is -0.127. The molecule has 10 heteroatoms. The normalized spacial score (nSPS) is 20.0. The summed E-state index contributed by atoms with van der Waals surface area (Å²) in [5.41, 5.74) is 0. The fourth-order valence-corrected chi connectivity index (χ4v) is 3.94. The molecule has 2 atom stereocenters. The van der Waals surface area contributed by atoms with Gasteiger partial charge in [0.2, 0.25) is 23.6 Å². The molecule has 0 unspecified atom stereocenters. The van der Waals surface area contributed by atoms with E-state index in [1.807, 2.05) is 0 Å². The molecule has 2 rings (SSSR count). The molecule has 2 saturated heterocycles. The molecule has 32 heavy (non-hydrogen) atoms. The van der Waals surface area contributed by atoms with Gasteiger partial charge in [-0.3, -0.25) is 19.2 Å². The van der Waals surface area contributed by atoms with Crippen molar-refractivity contribution in [1.29, 1.82) is 0 Å². The average Bonchev–Trinajstić information content (AvgIpc) is 3.51. The third-order valence-corrected chi connectivity index (χ3v) is 5.85. The summed E-state index contributed by atoms with van der Waals surface area (Å²) in [7, 11) is 0. The lowest BCUT2D eigenvalue weighted by atomic mass is 10.1. The van der Waals surface area contributed by atoms with E-state index < -0.39 is 0 Å². The Morgan fingerprint density at radius 2 is 1.00 bits per heavy atom. The summed E-state index contributed by atoms with van der Waals surface area (Å²) in [5, 5.41) is 17.2. The molecule has 0 spiro atoms. The van der Waals surface area contributed by atoms with Crippen LogP contribution in [-0.4, -0.2) is 75.0 Å². The van der Waals surface area contributed by atoms with E-state index in [2.05, 4.69) is 31.9 Å². The van der Waals surface area contributed by atoms with Crippen LogP contribution in [0.1, 0.15) is 64.2 Å². The van der Waals surface area contributed by atoms with Gasteiger partial charge in [0.05, 0.1) is 25.2 Å². The van der Waals surface area contributed by atoms with Gasteiger partial charge >= 0.3 is 0 Å². The van der Waals surface area contributed by atoms with E-state index in [-0.39, 0.29) is 48.8 Å². The molecule has 0 aliphatic carbocycles. The van der Waals surface area contributed by atoms with Crippen LogP contribution in [-0.2, 0) is 19.2 Å². The number of unbranched alkanes of at least 4 members (excludes halogenated alkanes) is 5. The van der Waals surface area contributed by atoms with E-state index >= 15 is 0 Å². The Labute approximate surface area is 190 Å². The predicted octanol–water partition coefficient (Wildman–Crippen LogP) is -0.704. The monoisotopic (exact) mass is 452 g/mol. The van der Waals surface area contributed by atoms with Crippen molar-refractivity contribution in [2.75, 3.05) is 39.3 Å². The van der Waals surface area contributed by atoms with Gasteiger partial charge in [0, 0.05) is 13.1 Å². The molecule has 2 aliphatic heterocycles. The predicted molar refractivity (Wildman–Crippen MR) is 122 cm³/mol. The maximum absolute atomic E-state index is 11.8. The van der Waals surface area contributed by atoms with Crippen molar-refractivity contribution in [1.82, 2.24) is 31.9 Å². The van der Waals surface area contributed by atoms with E-state index in [1.165, 1.54) is 0 Å². The number of hydrogen-bond donors (Lipinski definition) is 6. The molecular weight excluding hydrogens is 412 g/mol. The highest BCUT2D eigenvalue weighted by Gasteiger charge is 2.22. The highest BCUT2D eigenvalue weighted by Crippen LogP contribution is 2.06. The number of nitrogens with one attached hydrogen (secondary N) is 6. The standard InChI is InChI=1S/C22H40N6O4/c29-19(15-27-21(31)17-9-7-13-23-17)25-11-5-3-1-2-4-6-12-26-20(30)16-28-22(32)18-10-8-14-24-18/h17-18,23-24H,1-16H2,(H,25,29)(H,26,30)(H,27,31)(H,28,32)/t17-,18-/m0/s1. The molecular formula is C22H40N6O4. The molecule has 0 bridgehead atoms. The highest BCUT2D eigenvalue weighted by atomic mass is 16.2. The minimum atomic E-state index is -0.156. The Hall–Kier alpha value is -2.20. The van der Waals surface area contributed by atoms with E-state index in [1.54, 1.807) is 0 Å². The number of carbonyl (C=O) groups is 4. The Bertz CT molecular complexity index is 551. The van der Waals surface area contributed by atoms with Gasteiger partial charge in [-0.2, -0.15) is 0 Å². The largest absolute Gasteiger partial charge is 0.355 e. The molecule has 2 heterocycles. The van der Waals surface area contributed by atoms with Crippen LogP contribution in [0.5, 0.6) is 0 Å². The van der Waals surface area contributed by atoms with Crippen molar-refractivity contribution < 1.29 is 19.2 Å². The highest BCUT2D eigenvalue weighted by molar-refractivity contribution is 5.88. The van der Waals surface area contributed by atoms with Crippen molar-refractivity contribution in [3.05, 3.63) is 0 Å². The molecule has 2 fully saturated rings. The number of rotatable bonds is 15. The lowest BCUT2D eigenvalue weighted by Crippen LogP contribution is -2.44. The molecule has 0 saturated carbocycles. The van der Waals surface area contributed by atoms with Gasteiger partial charge in [-0.15, -0.1) is 0 Å². The van der Waals surface area contributed by atoms with E-state index in [0.29, 0.717) is 13.1 Å². The Kier molecular flexibility index (Phi) is 12.7. The zero-order valence-corrected chi connectivity index (χ0v) is 19.1. The van der Waals surface area contributed by atoms with Gasteiger partial charge in [0.15, 0.2) is 0 Å². The average molecular weight is 453 g/mol. The van der Waals surface area contributed by atoms with Crippen LogP contribution in [0.15, 0.2) is 0 Å². The van der Waals surface area contributed by atoms with Gasteiger partial charge in [-0.05, 0) is 51.6 Å². The minimum Gasteiger partial charge on any atom is -0.355 e. The van der Waals surface area contributed by atoms with Crippen LogP contribution in [0.4, 0.5) is 0 Å². The first-order valence-electron chi connectivity index (χ1n) is 12.1. The van der Waals surface area contributed by atoms with Crippen LogP contribution in [0.2, 0.25) is 0 Å². The van der Waals surface area contributed by atoms with Crippen LogP contribution >= 0.6 is 0 Å². The van der Waals surface area contributed by atoms with Crippen LogP contribution < -0.4 is 31.9 Å². The molecule has 4 amide bonds. The second kappa shape index (κ2) is 15.6. The summed E-state index contributed by atoms with van der Waals surface area (Å²) < 4.78 is 0. The number of hydrogen-bond acceptors (Lipinski definition) is 6. The summed E-state index contributed by atoms with van der Waals surface area (Å²) >= 11 is 0. The van der Waals surface area contributed by atoms with Crippen LogP contribution in [0.3, 0.4) is 0 Å². The third kappa shape index (κ3) is 10.9. The van der Waals surface area contributed by atoms with Crippen molar-refractivity contribution in [3.8, 4) is 0 Å². The summed E-state index contributed by atoms with van der Waals surface area (Å²) in [5.74, 6) is -0.495. The van der Waals surface area contributed by atoms with E-state index in [9.17, 15) is 19.2 Å². The zero-order chi connectivity index (χ0) is 23.0. The van der Waals surface area contributed by atoms with Gasteiger partial charge in [0.25, 0.3) is 0 Å². The maximum atomic E-state index is 11.8. The second-order valence-electron chi connectivity index (χ2n) is 8.55. The Morgan fingerprint density at radius 1 is 0.594 bits per heavy atom. The molecule has 0 aromatic carbocycles. The molecule has 0 aromatic rings. The lowest BCUT2D eigenvalue weighted by Gasteiger charge is -2.11. The fraction of sp³-hybridized carbons (Fsp3) is 0.818. The maximum Gasteiger partial charge on any atom is 0.239 e. The fourth-order valence-electron chi connectivity index (χ4n) is 3.94. The minimum absolute atomic E-state index is 0.0316. The van der Waals surface area contributed by atoms with Crippen molar-refractivity contribution in [2.45, 2.75) is 76.3 Å². The molecule has 182 valence electrons. The SMILES string of the molecule is O=C(CNC(=O)[C@@H]1CCCN1)NCCCCCCCCNC(=O)CNC(=O)[C@@H]1CCCN1. The van der Waals surface area contributed by atoms with Crippen molar-refractivity contribution in [3.63, 3.8) is 0 Å². The van der Waals surface area contributed by atoms with Crippen molar-refractivity contribution >= 4 is 23.6 Å². The number of carbonyl (C=O) groups excluding carboxylic acids is 4. The summed E-state index contributed by atoms with van der Waals surface area (Å²) in [6, 6.07) is -0.313. The van der Waals surface area contributed by atoms with Crippen LogP contribution in [0, 0.1) is 0 Å². The first-order chi connectivity index (χ1) is 15.6. The summed E-state index contributed by atoms with van der Waals surface area (Å²) in [6.45, 7) is 3.02. The number of amides is 4.